The summed E-state index contributed by atoms with van der Waals surface area (Å²) < 4.78 is 27.4. The molecule has 0 saturated heterocycles. The Morgan fingerprint density at radius 3 is 2.67 bits per heavy atom. The number of thiophene rings is 1. The summed E-state index contributed by atoms with van der Waals surface area (Å²) in [5, 5.41) is 12.1. The molecule has 0 spiro atoms. The molecule has 1 aromatic heterocycles. The second kappa shape index (κ2) is 5.65. The zero-order chi connectivity index (χ0) is 13.3. The minimum Gasteiger partial charge on any atom is -0.387 e. The Labute approximate surface area is 120 Å². The molecule has 1 aromatic carbocycles. The Bertz CT molecular complexity index is 573. The lowest BCUT2D eigenvalue weighted by atomic mass is 10.1. The molecule has 0 bridgehead atoms. The molecule has 2 rings (SSSR count). The van der Waals surface area contributed by atoms with Crippen LogP contribution in [0.1, 0.15) is 16.5 Å². The zero-order valence-electron chi connectivity index (χ0n) is 8.96. The average Bonchev–Trinajstić information content (AvgIpc) is 2.76. The number of halogens is 4. The summed E-state index contributed by atoms with van der Waals surface area (Å²) in [6, 6.07) is 4.09. The summed E-state index contributed by atoms with van der Waals surface area (Å²) in [6.07, 6.45) is -1.17. The molecule has 1 N–H and O–H groups in total. The van der Waals surface area contributed by atoms with Crippen LogP contribution in [0.25, 0.3) is 0 Å². The number of hydrogen-bond donors (Lipinski definition) is 1. The Balaban J connectivity index is 2.30. The molecule has 1 atom stereocenters. The predicted octanol–water partition coefficient (Wildman–Crippen LogP) is 4.72. The molecule has 6 heteroatoms. The van der Waals surface area contributed by atoms with E-state index in [1.54, 1.807) is 11.4 Å². The maximum Gasteiger partial charge on any atom is 0.143 e. The lowest BCUT2D eigenvalue weighted by Crippen LogP contribution is -2.05. The van der Waals surface area contributed by atoms with Gasteiger partial charge in [-0.3, -0.25) is 0 Å². The van der Waals surface area contributed by atoms with Crippen LogP contribution in [0.4, 0.5) is 8.78 Å². The number of aliphatic hydroxyl groups is 1. The third kappa shape index (κ3) is 2.74. The average molecular weight is 354 g/mol. The van der Waals surface area contributed by atoms with Crippen molar-refractivity contribution in [3.63, 3.8) is 0 Å². The van der Waals surface area contributed by atoms with Crippen LogP contribution < -0.4 is 0 Å². The Morgan fingerprint density at radius 1 is 1.33 bits per heavy atom. The third-order valence-corrected chi connectivity index (χ3v) is 4.56. The summed E-state index contributed by atoms with van der Waals surface area (Å²) in [4.78, 5) is 0.510. The molecular formula is C12H8BrClF2OS. The second-order valence-corrected chi connectivity index (χ2v) is 5.88. The van der Waals surface area contributed by atoms with Crippen molar-refractivity contribution >= 4 is 38.9 Å². The SMILES string of the molecule is OC(Cc1c(F)ccc(Br)c1F)c1sccc1Cl. The fraction of sp³-hybridized carbons (Fsp3) is 0.167. The normalized spacial score (nSPS) is 12.7. The number of benzene rings is 1. The fourth-order valence-corrected chi connectivity index (χ4v) is 3.13. The molecule has 1 unspecified atom stereocenters. The van der Waals surface area contributed by atoms with E-state index in [0.717, 1.165) is 6.07 Å². The van der Waals surface area contributed by atoms with Crippen molar-refractivity contribution in [3.8, 4) is 0 Å². The molecule has 0 aliphatic heterocycles. The molecule has 2 aromatic rings. The molecule has 1 nitrogen and oxygen atoms in total. The molecule has 96 valence electrons. The molecular weight excluding hydrogens is 346 g/mol. The lowest BCUT2D eigenvalue weighted by molar-refractivity contribution is 0.179. The van der Waals surface area contributed by atoms with Crippen molar-refractivity contribution in [2.45, 2.75) is 12.5 Å². The van der Waals surface area contributed by atoms with E-state index in [2.05, 4.69) is 15.9 Å². The highest BCUT2D eigenvalue weighted by Gasteiger charge is 2.19. The van der Waals surface area contributed by atoms with E-state index in [0.29, 0.717) is 9.90 Å². The van der Waals surface area contributed by atoms with Crippen LogP contribution in [0.3, 0.4) is 0 Å². The van der Waals surface area contributed by atoms with Crippen LogP contribution in [-0.2, 0) is 6.42 Å². The highest BCUT2D eigenvalue weighted by molar-refractivity contribution is 9.10. The van der Waals surface area contributed by atoms with E-state index >= 15 is 0 Å². The minimum absolute atomic E-state index is 0.152. The largest absolute Gasteiger partial charge is 0.387 e. The van der Waals surface area contributed by atoms with E-state index in [4.69, 9.17) is 11.6 Å². The maximum atomic E-state index is 13.7. The van der Waals surface area contributed by atoms with E-state index in [9.17, 15) is 13.9 Å². The number of aliphatic hydroxyl groups excluding tert-OH is 1. The second-order valence-electron chi connectivity index (χ2n) is 3.67. The number of hydrogen-bond acceptors (Lipinski definition) is 2. The van der Waals surface area contributed by atoms with Gasteiger partial charge in [-0.2, -0.15) is 0 Å². The first-order valence-corrected chi connectivity index (χ1v) is 7.09. The van der Waals surface area contributed by atoms with Gasteiger partial charge in [-0.25, -0.2) is 8.78 Å². The first-order chi connectivity index (χ1) is 8.50. The van der Waals surface area contributed by atoms with Gasteiger partial charge in [0.25, 0.3) is 0 Å². The van der Waals surface area contributed by atoms with Crippen molar-refractivity contribution in [1.82, 2.24) is 0 Å². The van der Waals surface area contributed by atoms with Crippen molar-refractivity contribution in [2.75, 3.05) is 0 Å². The van der Waals surface area contributed by atoms with Gasteiger partial charge in [0.1, 0.15) is 11.6 Å². The highest BCUT2D eigenvalue weighted by Crippen LogP contribution is 2.32. The van der Waals surface area contributed by atoms with Gasteiger partial charge in [0.15, 0.2) is 0 Å². The van der Waals surface area contributed by atoms with Gasteiger partial charge in [0.05, 0.1) is 20.5 Å². The van der Waals surface area contributed by atoms with Crippen LogP contribution in [0.15, 0.2) is 28.1 Å². The van der Waals surface area contributed by atoms with Gasteiger partial charge in [-0.1, -0.05) is 11.6 Å². The van der Waals surface area contributed by atoms with Crippen molar-refractivity contribution < 1.29 is 13.9 Å². The van der Waals surface area contributed by atoms with Crippen LogP contribution in [0.5, 0.6) is 0 Å². The van der Waals surface area contributed by atoms with Crippen molar-refractivity contribution in [2.24, 2.45) is 0 Å². The molecule has 1 heterocycles. The van der Waals surface area contributed by atoms with Crippen LogP contribution >= 0.6 is 38.9 Å². The monoisotopic (exact) mass is 352 g/mol. The maximum absolute atomic E-state index is 13.7. The third-order valence-electron chi connectivity index (χ3n) is 2.48. The molecule has 0 aliphatic rings. The van der Waals surface area contributed by atoms with Gasteiger partial charge >= 0.3 is 0 Å². The van der Waals surface area contributed by atoms with Gasteiger partial charge in [-0.05, 0) is 39.5 Å². The minimum atomic E-state index is -1.02. The summed E-state index contributed by atoms with van der Waals surface area (Å²) >= 11 is 10.1. The highest BCUT2D eigenvalue weighted by atomic mass is 79.9. The topological polar surface area (TPSA) is 20.2 Å². The zero-order valence-corrected chi connectivity index (χ0v) is 12.1. The smallest absolute Gasteiger partial charge is 0.143 e. The van der Waals surface area contributed by atoms with E-state index in [1.807, 2.05) is 0 Å². The van der Waals surface area contributed by atoms with Crippen LogP contribution in [0.2, 0.25) is 5.02 Å². The van der Waals surface area contributed by atoms with E-state index in [1.165, 1.54) is 17.4 Å². The van der Waals surface area contributed by atoms with Gasteiger partial charge in [-0.15, -0.1) is 11.3 Å². The summed E-state index contributed by atoms with van der Waals surface area (Å²) in [6.45, 7) is 0. The molecule has 18 heavy (non-hydrogen) atoms. The van der Waals surface area contributed by atoms with E-state index in [-0.39, 0.29) is 16.5 Å². The summed E-state index contributed by atoms with van der Waals surface area (Å²) in [7, 11) is 0. The van der Waals surface area contributed by atoms with Gasteiger partial charge in [0.2, 0.25) is 0 Å². The molecule has 0 aliphatic carbocycles. The standard InChI is InChI=1S/C12H8BrClF2OS/c13-7-1-2-9(15)6(11(7)16)5-10(17)12-8(14)3-4-18-12/h1-4,10,17H,5H2. The summed E-state index contributed by atoms with van der Waals surface area (Å²) in [5.41, 5.74) is -0.152. The molecule has 0 radical (unpaired) electrons. The molecule has 0 amide bonds. The first kappa shape index (κ1) is 13.9. The lowest BCUT2D eigenvalue weighted by Gasteiger charge is -2.11. The Morgan fingerprint density at radius 2 is 2.06 bits per heavy atom. The van der Waals surface area contributed by atoms with Crippen LogP contribution in [0, 0.1) is 11.6 Å². The van der Waals surface area contributed by atoms with Crippen molar-refractivity contribution in [3.05, 3.63) is 55.1 Å². The molecule has 0 fully saturated rings. The van der Waals surface area contributed by atoms with E-state index < -0.39 is 17.7 Å². The molecule has 0 saturated carbocycles. The Kier molecular flexibility index (Phi) is 4.37. The van der Waals surface area contributed by atoms with Crippen LogP contribution in [-0.4, -0.2) is 5.11 Å². The summed E-state index contributed by atoms with van der Waals surface area (Å²) in [5.74, 6) is -1.37. The number of rotatable bonds is 3. The quantitative estimate of drug-likeness (QED) is 0.792. The Hall–Kier alpha value is -0.490. The van der Waals surface area contributed by atoms with Crippen molar-refractivity contribution in [1.29, 1.82) is 0 Å². The fourth-order valence-electron chi connectivity index (χ4n) is 1.59. The first-order valence-electron chi connectivity index (χ1n) is 5.04. The van der Waals surface area contributed by atoms with Gasteiger partial charge < -0.3 is 5.11 Å². The predicted molar refractivity (Wildman–Crippen MR) is 72.1 cm³/mol. The van der Waals surface area contributed by atoms with Gasteiger partial charge in [0, 0.05) is 12.0 Å².